The van der Waals surface area contributed by atoms with E-state index >= 15 is 0 Å². The molecule has 2 aromatic heterocycles. The van der Waals surface area contributed by atoms with E-state index < -0.39 is 0 Å². The number of benzene rings is 1. The minimum atomic E-state index is 0.620. The van der Waals surface area contributed by atoms with Crippen molar-refractivity contribution in [3.05, 3.63) is 47.9 Å². The number of hydrogen-bond donors (Lipinski definition) is 2. The first-order valence-corrected chi connectivity index (χ1v) is 7.94. The van der Waals surface area contributed by atoms with Crippen LogP contribution in [0.1, 0.15) is 11.1 Å². The van der Waals surface area contributed by atoms with Crippen LogP contribution in [0.25, 0.3) is 11.0 Å². The van der Waals surface area contributed by atoms with E-state index in [1.54, 1.807) is 13.4 Å². The molecule has 3 aromatic rings. The van der Waals surface area contributed by atoms with Crippen molar-refractivity contribution >= 4 is 37.0 Å². The molecule has 3 N–H and O–H groups in total. The molecule has 0 saturated heterocycles. The zero-order valence-corrected chi connectivity index (χ0v) is 14.6. The molecule has 0 aliphatic rings. The van der Waals surface area contributed by atoms with Gasteiger partial charge < -0.3 is 0 Å². The first kappa shape index (κ1) is 15.5. The van der Waals surface area contributed by atoms with E-state index in [4.69, 9.17) is 10.5 Å². The van der Waals surface area contributed by atoms with Crippen molar-refractivity contribution in [2.24, 2.45) is 5.73 Å². The Balaban J connectivity index is 2.08. The van der Waals surface area contributed by atoms with Crippen LogP contribution in [-0.4, -0.2) is 48.8 Å². The van der Waals surface area contributed by atoms with Gasteiger partial charge in [0.1, 0.15) is 0 Å². The van der Waals surface area contributed by atoms with Gasteiger partial charge in [-0.3, -0.25) is 0 Å². The van der Waals surface area contributed by atoms with E-state index in [2.05, 4.69) is 35.4 Å². The Hall–Kier alpha value is -2.37. The molecular weight excluding hydrogens is 357 g/mol. The molecule has 7 heteroatoms. The van der Waals surface area contributed by atoms with Crippen molar-refractivity contribution in [3.63, 3.8) is 0 Å². The molecule has 1 aromatic carbocycles. The van der Waals surface area contributed by atoms with E-state index in [-0.39, 0.29) is 0 Å². The van der Waals surface area contributed by atoms with Crippen LogP contribution in [0.2, 0.25) is 0 Å². The molecule has 3 rings (SSSR count). The molecular formula is C16H17N5OSe. The Morgan fingerprint density at radius 3 is 2.65 bits per heavy atom. The van der Waals surface area contributed by atoms with Crippen molar-refractivity contribution in [3.8, 4) is 5.75 Å². The Kier molecular flexibility index (Phi) is 4.32. The summed E-state index contributed by atoms with van der Waals surface area (Å²) in [6.07, 6.45) is 3.55. The normalized spacial score (nSPS) is 10.7. The number of nitrogens with zero attached hydrogens (tertiary/aromatic N) is 3. The minimum absolute atomic E-state index is 0.620. The third-order valence-electron chi connectivity index (χ3n) is 3.67. The number of aromatic nitrogens is 3. The van der Waals surface area contributed by atoms with Gasteiger partial charge in [-0.15, -0.1) is 0 Å². The second-order valence-corrected chi connectivity index (χ2v) is 5.98. The third kappa shape index (κ3) is 2.93. The zero-order valence-electron chi connectivity index (χ0n) is 12.9. The molecule has 6 nitrogen and oxygen atoms in total. The number of hydrogen-bond acceptors (Lipinski definition) is 5. The number of nitrogens with two attached hydrogens (primary N) is 1. The van der Waals surface area contributed by atoms with Gasteiger partial charge >= 0.3 is 142 Å². The standard InChI is InChI=1S/C16H17N5OSe/c1-18-15-13-12(14(17)23)8-21(16(13)20-9-19-15)7-10-3-5-11(22-2)6-4-10/h3-6,8-9H,7H2,1-2H3,(H2,17,23)(H,18,19,20). The molecule has 0 aliphatic heterocycles. The van der Waals surface area contributed by atoms with Gasteiger partial charge in [0.15, 0.2) is 0 Å². The Labute approximate surface area is 142 Å². The van der Waals surface area contributed by atoms with Crippen LogP contribution in [0.15, 0.2) is 36.8 Å². The van der Waals surface area contributed by atoms with E-state index in [9.17, 15) is 0 Å². The molecule has 0 atom stereocenters. The summed E-state index contributed by atoms with van der Waals surface area (Å²) in [5, 5.41) is 4.01. The van der Waals surface area contributed by atoms with Gasteiger partial charge in [0.25, 0.3) is 0 Å². The van der Waals surface area contributed by atoms with Crippen LogP contribution in [0, 0.1) is 0 Å². The van der Waals surface area contributed by atoms with Crippen molar-refractivity contribution in [2.45, 2.75) is 6.54 Å². The van der Waals surface area contributed by atoms with Crippen LogP contribution in [0.4, 0.5) is 5.82 Å². The van der Waals surface area contributed by atoms with Gasteiger partial charge in [0, 0.05) is 0 Å². The predicted molar refractivity (Wildman–Crippen MR) is 93.2 cm³/mol. The number of nitrogens with one attached hydrogen (secondary N) is 1. The monoisotopic (exact) mass is 375 g/mol. The molecule has 0 amide bonds. The van der Waals surface area contributed by atoms with E-state index in [1.807, 2.05) is 37.5 Å². The van der Waals surface area contributed by atoms with Crippen molar-refractivity contribution in [1.29, 1.82) is 0 Å². The van der Waals surface area contributed by atoms with Gasteiger partial charge in [-0.2, -0.15) is 0 Å². The molecule has 0 aliphatic carbocycles. The van der Waals surface area contributed by atoms with E-state index in [0.29, 0.717) is 11.1 Å². The number of rotatable bonds is 5. The van der Waals surface area contributed by atoms with Crippen molar-refractivity contribution < 1.29 is 4.74 Å². The molecule has 0 fully saturated rings. The van der Waals surface area contributed by atoms with Crippen molar-refractivity contribution in [2.75, 3.05) is 19.5 Å². The second kappa shape index (κ2) is 6.40. The molecule has 23 heavy (non-hydrogen) atoms. The number of anilines is 1. The van der Waals surface area contributed by atoms with Gasteiger partial charge in [-0.05, 0) is 0 Å². The SMILES string of the molecule is CNc1ncnc2c1c(C(N)=[Se])cn2Cc1ccc(OC)cc1. The summed E-state index contributed by atoms with van der Waals surface area (Å²) in [6.45, 7) is 0.688. The zero-order chi connectivity index (χ0) is 16.4. The van der Waals surface area contributed by atoms with Crippen LogP contribution in [-0.2, 0) is 6.54 Å². The second-order valence-electron chi connectivity index (χ2n) is 5.05. The summed E-state index contributed by atoms with van der Waals surface area (Å²) in [7, 11) is 3.50. The molecule has 0 spiro atoms. The third-order valence-corrected chi connectivity index (χ3v) is 4.13. The van der Waals surface area contributed by atoms with Gasteiger partial charge in [-0.1, -0.05) is 0 Å². The van der Waals surface area contributed by atoms with Crippen LogP contribution >= 0.6 is 0 Å². The molecule has 2 heterocycles. The number of ether oxygens (including phenoxy) is 1. The number of fused-ring (bicyclic) bond motifs is 1. The van der Waals surface area contributed by atoms with Crippen LogP contribution in [0.3, 0.4) is 0 Å². The van der Waals surface area contributed by atoms with Gasteiger partial charge in [0.2, 0.25) is 0 Å². The Morgan fingerprint density at radius 1 is 1.30 bits per heavy atom. The Bertz CT molecular complexity index is 857. The molecule has 0 saturated carbocycles. The summed E-state index contributed by atoms with van der Waals surface area (Å²) in [5.74, 6) is 1.60. The summed E-state index contributed by atoms with van der Waals surface area (Å²) in [6, 6.07) is 7.97. The summed E-state index contributed by atoms with van der Waals surface area (Å²) >= 11 is 2.87. The molecule has 0 unspecified atom stereocenters. The average molecular weight is 374 g/mol. The molecule has 118 valence electrons. The van der Waals surface area contributed by atoms with Gasteiger partial charge in [-0.25, -0.2) is 0 Å². The summed E-state index contributed by atoms with van der Waals surface area (Å²) < 4.78 is 7.88. The topological polar surface area (TPSA) is 78.0 Å². The van der Waals surface area contributed by atoms with Crippen LogP contribution in [0.5, 0.6) is 5.75 Å². The van der Waals surface area contributed by atoms with Gasteiger partial charge in [0.05, 0.1) is 0 Å². The van der Waals surface area contributed by atoms with E-state index in [0.717, 1.165) is 33.7 Å². The predicted octanol–water partition coefficient (Wildman–Crippen LogP) is 1.14. The number of methoxy groups -OCH3 is 1. The average Bonchev–Trinajstić information content (AvgIpc) is 2.94. The summed E-state index contributed by atoms with van der Waals surface area (Å²) in [5.41, 5.74) is 8.89. The van der Waals surface area contributed by atoms with Crippen LogP contribution < -0.4 is 15.8 Å². The Morgan fingerprint density at radius 2 is 2.04 bits per heavy atom. The first-order valence-electron chi connectivity index (χ1n) is 7.08. The maximum absolute atomic E-state index is 6.00. The summed E-state index contributed by atoms with van der Waals surface area (Å²) in [4.78, 5) is 8.70. The van der Waals surface area contributed by atoms with E-state index in [1.165, 1.54) is 0 Å². The fraction of sp³-hybridized carbons (Fsp3) is 0.188. The van der Waals surface area contributed by atoms with Crippen molar-refractivity contribution in [1.82, 2.24) is 14.5 Å². The molecule has 0 radical (unpaired) electrons. The first-order chi connectivity index (χ1) is 11.1. The fourth-order valence-corrected chi connectivity index (χ4v) is 2.87. The fourth-order valence-electron chi connectivity index (χ4n) is 2.55. The maximum atomic E-state index is 6.00. The quantitative estimate of drug-likeness (QED) is 0.655. The molecule has 0 bridgehead atoms.